The maximum absolute atomic E-state index is 14.1. The van der Waals surface area contributed by atoms with Crippen LogP contribution in [-0.2, 0) is 21.5 Å². The molecule has 194 valence electrons. The lowest BCUT2D eigenvalue weighted by atomic mass is 9.82. The van der Waals surface area contributed by atoms with E-state index >= 15 is 0 Å². The normalized spacial score (nSPS) is 28.2. The topological polar surface area (TPSA) is 29.5 Å². The van der Waals surface area contributed by atoms with Crippen LogP contribution in [0.25, 0.3) is 0 Å². The molecule has 2 aromatic rings. The molecule has 6 rings (SSSR count). The summed E-state index contributed by atoms with van der Waals surface area (Å²) in [7, 11) is 0. The number of benzene rings is 2. The second kappa shape index (κ2) is 11.5. The van der Waals surface area contributed by atoms with Gasteiger partial charge in [-0.15, -0.1) is 0 Å². The molecule has 4 heterocycles. The highest BCUT2D eigenvalue weighted by molar-refractivity contribution is 5.82. The minimum Gasteiger partial charge on any atom is -0.454 e. The predicted octanol–water partition coefficient (Wildman–Crippen LogP) is 5.95. The fourth-order valence-corrected chi connectivity index (χ4v) is 7.05. The number of aryl methyl sites for hydroxylation is 1. The predicted molar refractivity (Wildman–Crippen MR) is 146 cm³/mol. The van der Waals surface area contributed by atoms with Gasteiger partial charge >= 0.3 is 5.97 Å². The van der Waals surface area contributed by atoms with Crippen molar-refractivity contribution >= 4 is 5.97 Å². The number of esters is 1. The van der Waals surface area contributed by atoms with Crippen LogP contribution in [0.15, 0.2) is 60.7 Å². The Kier molecular flexibility index (Phi) is 8.12. The van der Waals surface area contributed by atoms with Crippen LogP contribution in [0.3, 0.4) is 0 Å². The second-order valence-electron chi connectivity index (χ2n) is 11.8. The van der Waals surface area contributed by atoms with E-state index in [9.17, 15) is 4.79 Å². The molecule has 0 N–H and O–H groups in total. The minimum atomic E-state index is -0.710. The van der Waals surface area contributed by atoms with Crippen LogP contribution in [-0.4, -0.2) is 60.7 Å². The van der Waals surface area contributed by atoms with Crippen molar-refractivity contribution in [3.05, 3.63) is 71.8 Å². The number of piperidine rings is 3. The van der Waals surface area contributed by atoms with Crippen molar-refractivity contribution in [2.45, 2.75) is 76.4 Å². The molecule has 4 heteroatoms. The Morgan fingerprint density at radius 2 is 1.56 bits per heavy atom. The summed E-state index contributed by atoms with van der Waals surface area (Å²) in [6.07, 6.45) is 10.9. The van der Waals surface area contributed by atoms with Gasteiger partial charge in [-0.2, -0.15) is 0 Å². The summed E-state index contributed by atoms with van der Waals surface area (Å²) >= 11 is 0. The first-order chi connectivity index (χ1) is 17.6. The number of hydrogen-bond acceptors (Lipinski definition) is 3. The molecule has 4 nitrogen and oxygen atoms in total. The highest BCUT2D eigenvalue weighted by Gasteiger charge is 2.50. The van der Waals surface area contributed by atoms with E-state index in [2.05, 4.69) is 66.4 Å². The van der Waals surface area contributed by atoms with E-state index in [1.54, 1.807) is 0 Å². The highest BCUT2D eigenvalue weighted by Crippen LogP contribution is 2.39. The van der Waals surface area contributed by atoms with Crippen molar-refractivity contribution in [3.8, 4) is 0 Å². The smallest absolute Gasteiger partial charge is 0.331 e. The number of unbranched alkanes of at least 4 members (excludes halogenated alkanes) is 1. The molecular weight excluding hydrogens is 444 g/mol. The number of hydrogen-bond donors (Lipinski definition) is 0. The first-order valence-electron chi connectivity index (χ1n) is 14.5. The van der Waals surface area contributed by atoms with Crippen molar-refractivity contribution in [3.63, 3.8) is 0 Å². The molecule has 2 bridgehead atoms. The third kappa shape index (κ3) is 5.55. The maximum atomic E-state index is 14.1. The zero-order valence-corrected chi connectivity index (χ0v) is 22.2. The number of nitrogens with zero attached hydrogens (tertiary/aromatic N) is 2. The first-order valence-corrected chi connectivity index (χ1v) is 14.5. The third-order valence-electron chi connectivity index (χ3n) is 9.46. The molecule has 2 atom stereocenters. The molecule has 4 saturated heterocycles. The van der Waals surface area contributed by atoms with Gasteiger partial charge in [0.2, 0.25) is 0 Å². The van der Waals surface area contributed by atoms with Crippen molar-refractivity contribution in [1.29, 1.82) is 0 Å². The van der Waals surface area contributed by atoms with Crippen molar-refractivity contribution < 1.29 is 14.0 Å². The maximum Gasteiger partial charge on any atom is 0.331 e. The number of fused-ring (bicyclic) bond motifs is 3. The van der Waals surface area contributed by atoms with Crippen LogP contribution in [0.4, 0.5) is 0 Å². The Morgan fingerprint density at radius 1 is 0.917 bits per heavy atom. The number of rotatable bonds is 9. The lowest BCUT2D eigenvalue weighted by Gasteiger charge is -2.52. The molecule has 4 aliphatic rings. The highest BCUT2D eigenvalue weighted by atomic mass is 16.5. The molecule has 2 aromatic carbocycles. The molecule has 0 saturated carbocycles. The monoisotopic (exact) mass is 489 g/mol. The van der Waals surface area contributed by atoms with Gasteiger partial charge < -0.3 is 9.22 Å². The van der Waals surface area contributed by atoms with Gasteiger partial charge in [0.1, 0.15) is 12.1 Å². The van der Waals surface area contributed by atoms with Gasteiger partial charge in [-0.25, -0.2) is 4.79 Å². The molecule has 0 aromatic heterocycles. The van der Waals surface area contributed by atoms with Crippen LogP contribution in [0.1, 0.15) is 69.4 Å². The average Bonchev–Trinajstić information content (AvgIpc) is 3.23. The van der Waals surface area contributed by atoms with Crippen LogP contribution >= 0.6 is 0 Å². The molecule has 0 aliphatic carbocycles. The summed E-state index contributed by atoms with van der Waals surface area (Å²) in [6.45, 7) is 8.79. The van der Waals surface area contributed by atoms with Gasteiger partial charge in [0.15, 0.2) is 6.10 Å². The van der Waals surface area contributed by atoms with Crippen molar-refractivity contribution in [2.24, 2.45) is 5.92 Å². The second-order valence-corrected chi connectivity index (χ2v) is 11.8. The zero-order valence-electron chi connectivity index (χ0n) is 22.2. The zero-order chi connectivity index (χ0) is 24.8. The van der Waals surface area contributed by atoms with Gasteiger partial charge in [-0.1, -0.05) is 73.5 Å². The van der Waals surface area contributed by atoms with Crippen LogP contribution in [0, 0.1) is 5.92 Å². The molecule has 0 radical (unpaired) electrons. The molecule has 4 fully saturated rings. The average molecular weight is 490 g/mol. The van der Waals surface area contributed by atoms with E-state index in [-0.39, 0.29) is 12.1 Å². The number of ether oxygens (including phenoxy) is 1. The van der Waals surface area contributed by atoms with Gasteiger partial charge in [-0.3, -0.25) is 4.90 Å². The quantitative estimate of drug-likeness (QED) is 0.248. The minimum absolute atomic E-state index is 0.0309. The molecule has 4 aliphatic heterocycles. The van der Waals surface area contributed by atoms with Gasteiger partial charge in [0.05, 0.1) is 19.6 Å². The molecule has 1 unspecified atom stereocenters. The van der Waals surface area contributed by atoms with Gasteiger partial charge in [-0.05, 0) is 63.2 Å². The Balaban J connectivity index is 1.25. The molecule has 0 amide bonds. The fourth-order valence-electron chi connectivity index (χ4n) is 7.05. The van der Waals surface area contributed by atoms with Crippen LogP contribution in [0.5, 0.6) is 0 Å². The van der Waals surface area contributed by atoms with Crippen molar-refractivity contribution in [2.75, 3.05) is 39.3 Å². The van der Waals surface area contributed by atoms with Gasteiger partial charge in [0, 0.05) is 18.8 Å². The lowest BCUT2D eigenvalue weighted by molar-refractivity contribution is -0.946. The summed E-state index contributed by atoms with van der Waals surface area (Å²) in [5.74, 6) is 0.499. The van der Waals surface area contributed by atoms with E-state index in [0.717, 1.165) is 48.9 Å². The first kappa shape index (κ1) is 25.5. The summed E-state index contributed by atoms with van der Waals surface area (Å²) < 4.78 is 7.69. The third-order valence-corrected chi connectivity index (χ3v) is 9.46. The van der Waals surface area contributed by atoms with E-state index in [0.29, 0.717) is 5.92 Å². The number of quaternary nitrogens is 1. The number of carbonyl (C=O) groups excluding carboxylic acids is 1. The molecular formula is C32H45N2O2+. The fraction of sp³-hybridized carbons (Fsp3) is 0.594. The standard InChI is InChI=1S/C32H45N2O2/c1-32(29-17-8-5-9-18-29,33-21-11-2-3-12-22-33)31(35)36-30-26-34(24-19-28(30)20-25-34)23-13-10-16-27-14-6-4-7-15-27/h4-9,14-15,17-18,28,30H,2-3,10-13,16,19-26H2,1H3/q+1/t28?,30-,32?,34?/m0/s1. The Labute approximate surface area is 218 Å². The van der Waals surface area contributed by atoms with Crippen LogP contribution in [0.2, 0.25) is 0 Å². The largest absolute Gasteiger partial charge is 0.454 e. The Morgan fingerprint density at radius 3 is 2.22 bits per heavy atom. The van der Waals surface area contributed by atoms with E-state index in [1.165, 1.54) is 63.7 Å². The van der Waals surface area contributed by atoms with E-state index in [1.807, 2.05) is 6.07 Å². The Bertz CT molecular complexity index is 962. The summed E-state index contributed by atoms with van der Waals surface area (Å²) in [6, 6.07) is 21.2. The molecule has 36 heavy (non-hydrogen) atoms. The summed E-state index contributed by atoms with van der Waals surface area (Å²) in [5, 5.41) is 0. The number of likely N-dealkylation sites (tertiary alicyclic amines) is 1. The van der Waals surface area contributed by atoms with Crippen molar-refractivity contribution in [1.82, 2.24) is 4.90 Å². The van der Waals surface area contributed by atoms with E-state index in [4.69, 9.17) is 4.74 Å². The SMILES string of the molecule is CC(C(=O)O[C@H]1C[N+]2(CCCCc3ccccc3)CCC1CC2)(c1ccccc1)N1CCCCCC1. The number of carbonyl (C=O) groups is 1. The molecule has 0 spiro atoms. The lowest BCUT2D eigenvalue weighted by Crippen LogP contribution is -2.65. The van der Waals surface area contributed by atoms with Gasteiger partial charge in [0.25, 0.3) is 0 Å². The Hall–Kier alpha value is -2.17. The van der Waals surface area contributed by atoms with Crippen LogP contribution < -0.4 is 0 Å². The summed E-state index contributed by atoms with van der Waals surface area (Å²) in [4.78, 5) is 16.5. The van der Waals surface area contributed by atoms with E-state index < -0.39 is 5.54 Å². The summed E-state index contributed by atoms with van der Waals surface area (Å²) in [5.41, 5.74) is 1.80.